The number of para-hydroxylation sites is 4. The van der Waals surface area contributed by atoms with Crippen molar-refractivity contribution in [2.75, 3.05) is 0 Å². The Morgan fingerprint density at radius 3 is 1.64 bits per heavy atom. The van der Waals surface area contributed by atoms with Gasteiger partial charge in [0.15, 0.2) is 29.0 Å². The van der Waals surface area contributed by atoms with Crippen molar-refractivity contribution in [3.8, 4) is 79.3 Å². The van der Waals surface area contributed by atoms with E-state index in [1.165, 1.54) is 16.2 Å². The Morgan fingerprint density at radius 2 is 0.881 bits per heavy atom. The number of hydrogen-bond acceptors (Lipinski definition) is 4. The average molecular weight is 756 g/mol. The molecule has 0 N–H and O–H groups in total. The maximum Gasteiger partial charge on any atom is 0.164 e. The predicted octanol–water partition coefficient (Wildman–Crippen LogP) is 13.4. The molecule has 0 unspecified atom stereocenters. The molecule has 0 radical (unpaired) electrons. The summed E-state index contributed by atoms with van der Waals surface area (Å²) in [6.45, 7) is 0. The molecule has 1 aliphatic heterocycles. The lowest BCUT2D eigenvalue weighted by Gasteiger charge is -2.21. The maximum absolute atomic E-state index is 6.46. The Labute approximate surface area is 339 Å². The Balaban J connectivity index is 0.996. The van der Waals surface area contributed by atoms with Crippen LogP contribution in [0.5, 0.6) is 11.5 Å². The molecular weight excluding hydrogens is 723 g/mol. The number of benzene rings is 8. The first-order chi connectivity index (χ1) is 29.2. The van der Waals surface area contributed by atoms with Crippen molar-refractivity contribution in [1.82, 2.24) is 24.1 Å². The maximum atomic E-state index is 6.46. The van der Waals surface area contributed by atoms with Crippen LogP contribution in [0.4, 0.5) is 0 Å². The minimum absolute atomic E-state index is 0.624. The zero-order valence-corrected chi connectivity index (χ0v) is 31.7. The van der Waals surface area contributed by atoms with Crippen molar-refractivity contribution in [3.63, 3.8) is 0 Å². The summed E-state index contributed by atoms with van der Waals surface area (Å²) in [6.07, 6.45) is 0. The number of nitrogens with zero attached hydrogens (tertiary/aromatic N) is 5. The second-order valence-electron chi connectivity index (χ2n) is 14.9. The lowest BCUT2D eigenvalue weighted by atomic mass is 10.0. The van der Waals surface area contributed by atoms with Gasteiger partial charge < -0.3 is 4.74 Å². The topological polar surface area (TPSA) is 57.8 Å². The number of ether oxygens (including phenoxy) is 1. The zero-order valence-electron chi connectivity index (χ0n) is 31.7. The van der Waals surface area contributed by atoms with Crippen LogP contribution >= 0.6 is 0 Å². The van der Waals surface area contributed by atoms with Crippen LogP contribution in [0.2, 0.25) is 0 Å². The molecule has 11 aromatic rings. The van der Waals surface area contributed by atoms with Gasteiger partial charge in [-0.1, -0.05) is 158 Å². The number of aromatic nitrogens is 5. The fourth-order valence-corrected chi connectivity index (χ4v) is 8.62. The van der Waals surface area contributed by atoms with Gasteiger partial charge in [0, 0.05) is 38.5 Å². The van der Waals surface area contributed by atoms with E-state index in [4.69, 9.17) is 19.7 Å². The van der Waals surface area contributed by atoms with Gasteiger partial charge in [0.05, 0.1) is 16.7 Å². The molecule has 8 aromatic carbocycles. The molecule has 0 aliphatic carbocycles. The summed E-state index contributed by atoms with van der Waals surface area (Å²) in [5.74, 6) is 3.60. The standard InChI is InChI=1S/C53H33N5O/c1-4-14-34(15-5-1)38-18-12-19-40(32-38)52-55-50(36-16-6-2-7-17-36)54-51(56-52)37-28-26-35(27-29-37)39-30-31-42-45(33-39)57(41-20-8-3-9-21-41)53-48(42)43-22-13-25-47-49(43)58(53)44-23-10-11-24-46(44)59-47/h1-33H. The first-order valence-electron chi connectivity index (χ1n) is 19.8. The molecule has 4 heterocycles. The second-order valence-corrected chi connectivity index (χ2v) is 14.9. The van der Waals surface area contributed by atoms with Gasteiger partial charge >= 0.3 is 0 Å². The normalized spacial score (nSPS) is 11.9. The first-order valence-corrected chi connectivity index (χ1v) is 19.8. The Bertz CT molecular complexity index is 3390. The minimum atomic E-state index is 0.624. The van der Waals surface area contributed by atoms with E-state index in [9.17, 15) is 0 Å². The van der Waals surface area contributed by atoms with Crippen molar-refractivity contribution in [2.24, 2.45) is 0 Å². The smallest absolute Gasteiger partial charge is 0.164 e. The van der Waals surface area contributed by atoms with Crippen molar-refractivity contribution in [3.05, 3.63) is 200 Å². The highest BCUT2D eigenvalue weighted by Crippen LogP contribution is 2.49. The van der Waals surface area contributed by atoms with Gasteiger partial charge in [-0.2, -0.15) is 0 Å². The zero-order chi connectivity index (χ0) is 38.9. The molecule has 0 spiro atoms. The van der Waals surface area contributed by atoms with E-state index >= 15 is 0 Å². The molecule has 0 saturated carbocycles. The summed E-state index contributed by atoms with van der Waals surface area (Å²) in [5.41, 5.74) is 12.7. The van der Waals surface area contributed by atoms with Crippen LogP contribution < -0.4 is 4.74 Å². The Hall–Kier alpha value is -8.09. The van der Waals surface area contributed by atoms with Crippen LogP contribution in [0.15, 0.2) is 200 Å². The molecule has 0 amide bonds. The molecule has 3 aromatic heterocycles. The van der Waals surface area contributed by atoms with Crippen molar-refractivity contribution < 1.29 is 4.74 Å². The molecule has 0 saturated heterocycles. The van der Waals surface area contributed by atoms with Crippen LogP contribution in [-0.4, -0.2) is 24.1 Å². The number of hydrogen-bond donors (Lipinski definition) is 0. The van der Waals surface area contributed by atoms with E-state index in [0.29, 0.717) is 17.5 Å². The molecule has 6 nitrogen and oxygen atoms in total. The van der Waals surface area contributed by atoms with Gasteiger partial charge in [0.2, 0.25) is 0 Å². The van der Waals surface area contributed by atoms with E-state index in [0.717, 1.165) is 78.5 Å². The molecular formula is C53H33N5O. The van der Waals surface area contributed by atoms with Crippen LogP contribution in [0, 0.1) is 0 Å². The SMILES string of the molecule is c1ccc(-c2cccc(-c3nc(-c4ccccc4)nc(-c4ccc(-c5ccc6c7c8cccc9c8n(c7n(-c7ccccc7)c6c5)-c5ccccc5O9)cc4)n3)c2)cc1. The van der Waals surface area contributed by atoms with E-state index in [1.54, 1.807) is 0 Å². The first kappa shape index (κ1) is 33.1. The van der Waals surface area contributed by atoms with E-state index < -0.39 is 0 Å². The summed E-state index contributed by atoms with van der Waals surface area (Å²) in [4.78, 5) is 15.1. The van der Waals surface area contributed by atoms with Crippen molar-refractivity contribution in [1.29, 1.82) is 0 Å². The minimum Gasteiger partial charge on any atom is -0.453 e. The van der Waals surface area contributed by atoms with Crippen LogP contribution in [0.1, 0.15) is 0 Å². The van der Waals surface area contributed by atoms with E-state index in [2.05, 4.69) is 161 Å². The van der Waals surface area contributed by atoms with Gasteiger partial charge in [0.1, 0.15) is 5.65 Å². The van der Waals surface area contributed by atoms with Gasteiger partial charge in [0.25, 0.3) is 0 Å². The second kappa shape index (κ2) is 13.3. The van der Waals surface area contributed by atoms with Crippen molar-refractivity contribution in [2.45, 2.75) is 0 Å². The van der Waals surface area contributed by atoms with Crippen LogP contribution in [-0.2, 0) is 0 Å². The average Bonchev–Trinajstić information content (AvgIpc) is 3.83. The van der Waals surface area contributed by atoms with E-state index in [1.807, 2.05) is 48.5 Å². The largest absolute Gasteiger partial charge is 0.453 e. The lowest BCUT2D eigenvalue weighted by Crippen LogP contribution is -2.07. The molecule has 0 bridgehead atoms. The third kappa shape index (κ3) is 5.38. The molecule has 12 rings (SSSR count). The predicted molar refractivity (Wildman–Crippen MR) is 238 cm³/mol. The third-order valence-corrected chi connectivity index (χ3v) is 11.4. The quantitative estimate of drug-likeness (QED) is 0.170. The lowest BCUT2D eigenvalue weighted by molar-refractivity contribution is 0.476. The fourth-order valence-electron chi connectivity index (χ4n) is 8.62. The summed E-state index contributed by atoms with van der Waals surface area (Å²) in [5, 5.41) is 3.56. The summed E-state index contributed by atoms with van der Waals surface area (Å²) < 4.78 is 11.2. The van der Waals surface area contributed by atoms with Crippen molar-refractivity contribution >= 4 is 32.8 Å². The van der Waals surface area contributed by atoms with Gasteiger partial charge in [-0.05, 0) is 64.7 Å². The summed E-state index contributed by atoms with van der Waals surface area (Å²) in [7, 11) is 0. The van der Waals surface area contributed by atoms with Crippen LogP contribution in [0.25, 0.3) is 101 Å². The molecule has 1 aliphatic rings. The molecule has 6 heteroatoms. The molecule has 0 fully saturated rings. The number of rotatable bonds is 6. The highest BCUT2D eigenvalue weighted by molar-refractivity contribution is 6.24. The summed E-state index contributed by atoms with van der Waals surface area (Å²) >= 11 is 0. The van der Waals surface area contributed by atoms with Gasteiger partial charge in [-0.15, -0.1) is 0 Å². The fraction of sp³-hybridized carbons (Fsp3) is 0. The van der Waals surface area contributed by atoms with Gasteiger partial charge in [-0.3, -0.25) is 9.13 Å². The molecule has 276 valence electrons. The summed E-state index contributed by atoms with van der Waals surface area (Å²) in [6, 6.07) is 69.6. The highest BCUT2D eigenvalue weighted by atomic mass is 16.5. The van der Waals surface area contributed by atoms with Gasteiger partial charge in [-0.25, -0.2) is 15.0 Å². The third-order valence-electron chi connectivity index (χ3n) is 11.4. The molecule has 0 atom stereocenters. The Morgan fingerprint density at radius 1 is 0.356 bits per heavy atom. The van der Waals surface area contributed by atoms with Crippen LogP contribution in [0.3, 0.4) is 0 Å². The number of fused-ring (bicyclic) bond motifs is 7. The van der Waals surface area contributed by atoms with E-state index in [-0.39, 0.29) is 0 Å². The monoisotopic (exact) mass is 755 g/mol. The Kier molecular flexibility index (Phi) is 7.43. The molecule has 59 heavy (non-hydrogen) atoms. The highest BCUT2D eigenvalue weighted by Gasteiger charge is 2.28.